The molecule has 0 nitrogen and oxygen atoms in total. The van der Waals surface area contributed by atoms with Crippen LogP contribution in [0.15, 0.2) is 59.6 Å². The Morgan fingerprint density at radius 1 is 0.933 bits per heavy atom. The van der Waals surface area contributed by atoms with Crippen LogP contribution in [-0.4, -0.2) is 8.07 Å². The van der Waals surface area contributed by atoms with Crippen LogP contribution in [-0.2, 0) is 0 Å². The summed E-state index contributed by atoms with van der Waals surface area (Å²) in [6.07, 6.45) is 0. The van der Waals surface area contributed by atoms with Crippen molar-refractivity contribution in [3.8, 4) is 0 Å². The second kappa shape index (κ2) is 4.31. The predicted octanol–water partition coefficient (Wildman–Crippen LogP) is 2.82. The van der Waals surface area contributed by atoms with Crippen molar-refractivity contribution >= 4 is 39.7 Å². The predicted molar refractivity (Wildman–Crippen MR) is 74.1 cm³/mol. The molecule has 2 aromatic heterocycles. The molecular weight excluding hydrogens is 236 g/mol. The van der Waals surface area contributed by atoms with Crippen molar-refractivity contribution in [1.82, 2.24) is 0 Å². The second-order valence-corrected chi connectivity index (χ2v) is 9.48. The largest absolute Gasteiger partial charge is 0.186 e. The molecule has 0 aliphatic rings. The Morgan fingerprint density at radius 2 is 1.40 bits per heavy atom. The highest BCUT2D eigenvalue weighted by molar-refractivity contribution is 7.38. The van der Waals surface area contributed by atoms with Crippen LogP contribution in [0.2, 0.25) is 0 Å². The second-order valence-electron chi connectivity index (χ2n) is 3.23. The Morgan fingerprint density at radius 3 is 1.67 bits per heavy atom. The van der Waals surface area contributed by atoms with Crippen LogP contribution in [0.5, 0.6) is 0 Å². The van der Waals surface area contributed by atoms with E-state index in [0.717, 1.165) is 0 Å². The zero-order chi connectivity index (χ0) is 10.7. The molecule has 0 bridgehead atoms. The van der Waals surface area contributed by atoms with Crippen molar-refractivity contribution in [3.63, 3.8) is 0 Å². The summed E-state index contributed by atoms with van der Waals surface area (Å²) in [5.41, 5.74) is 4.22. The van der Waals surface area contributed by atoms with Gasteiger partial charge in [-0.1, -0.05) is 35.7 Å². The summed E-state index contributed by atoms with van der Waals surface area (Å²) in [6.45, 7) is 8.04. The fourth-order valence-electron chi connectivity index (χ4n) is 1.64. The van der Waals surface area contributed by atoms with Crippen LogP contribution >= 0.6 is 22.7 Å². The standard InChI is InChI=1S/C12H12S2Si/c1-3-15(4-2,11-7-5-9-13-11)12-8-6-10-14-12/h3-10H,1-2H2. The molecule has 2 aromatic rings. The van der Waals surface area contributed by atoms with Crippen LogP contribution in [0.4, 0.5) is 0 Å². The molecule has 2 rings (SSSR count). The molecule has 0 amide bonds. The van der Waals surface area contributed by atoms with E-state index in [2.05, 4.69) is 59.6 Å². The third kappa shape index (κ3) is 1.67. The van der Waals surface area contributed by atoms with E-state index in [9.17, 15) is 0 Å². The molecule has 0 aromatic carbocycles. The van der Waals surface area contributed by atoms with E-state index >= 15 is 0 Å². The summed E-state index contributed by atoms with van der Waals surface area (Å²) in [5.74, 6) is 0. The molecule has 0 unspecified atom stereocenters. The van der Waals surface area contributed by atoms with Crippen molar-refractivity contribution in [3.05, 3.63) is 59.6 Å². The van der Waals surface area contributed by atoms with Crippen LogP contribution in [0.25, 0.3) is 0 Å². The molecule has 0 atom stereocenters. The first-order chi connectivity index (χ1) is 7.33. The number of thiophene rings is 2. The van der Waals surface area contributed by atoms with Gasteiger partial charge in [-0.05, 0) is 10.8 Å². The Bertz CT molecular complexity index is 396. The van der Waals surface area contributed by atoms with Crippen LogP contribution in [0.3, 0.4) is 0 Å². The number of hydrogen-bond acceptors (Lipinski definition) is 2. The molecule has 3 heteroatoms. The van der Waals surface area contributed by atoms with E-state index in [0.29, 0.717) is 0 Å². The Labute approximate surface area is 99.2 Å². The molecule has 0 fully saturated rings. The third-order valence-corrected chi connectivity index (χ3v) is 9.85. The zero-order valence-electron chi connectivity index (χ0n) is 8.35. The van der Waals surface area contributed by atoms with Crippen molar-refractivity contribution in [2.75, 3.05) is 0 Å². The van der Waals surface area contributed by atoms with Crippen molar-refractivity contribution < 1.29 is 0 Å². The third-order valence-electron chi connectivity index (χ3n) is 2.50. The maximum atomic E-state index is 4.02. The molecule has 0 N–H and O–H groups in total. The SMILES string of the molecule is C=C[Si](C=C)(c1cccs1)c1cccs1. The molecular formula is C12H12S2Si. The first kappa shape index (κ1) is 10.6. The lowest BCUT2D eigenvalue weighted by Crippen LogP contribution is -2.52. The molecule has 0 saturated heterocycles. The molecule has 0 spiro atoms. The van der Waals surface area contributed by atoms with Gasteiger partial charge in [0.2, 0.25) is 0 Å². The Balaban J connectivity index is 2.60. The van der Waals surface area contributed by atoms with Gasteiger partial charge >= 0.3 is 0 Å². The number of hydrogen-bond donors (Lipinski definition) is 0. The lowest BCUT2D eigenvalue weighted by molar-refractivity contribution is 1.98. The maximum absolute atomic E-state index is 4.02. The summed E-state index contributed by atoms with van der Waals surface area (Å²) in [7, 11) is -1.83. The molecule has 2 heterocycles. The smallest absolute Gasteiger partial charge is 0.152 e. The summed E-state index contributed by atoms with van der Waals surface area (Å²) < 4.78 is 2.82. The van der Waals surface area contributed by atoms with Gasteiger partial charge in [0, 0.05) is 9.00 Å². The lowest BCUT2D eigenvalue weighted by atomic mass is 10.7. The van der Waals surface area contributed by atoms with Crippen LogP contribution in [0.1, 0.15) is 0 Å². The fraction of sp³-hybridized carbons (Fsp3) is 0. The first-order valence-corrected chi connectivity index (χ1v) is 8.60. The Hall–Kier alpha value is -0.903. The summed E-state index contributed by atoms with van der Waals surface area (Å²) in [6, 6.07) is 8.59. The highest BCUT2D eigenvalue weighted by Crippen LogP contribution is 2.14. The van der Waals surface area contributed by atoms with Gasteiger partial charge in [0.05, 0.1) is 0 Å². The van der Waals surface area contributed by atoms with Crippen LogP contribution < -0.4 is 9.00 Å². The van der Waals surface area contributed by atoms with E-state index in [1.54, 1.807) is 22.7 Å². The van der Waals surface area contributed by atoms with Gasteiger partial charge in [-0.2, -0.15) is 22.7 Å². The normalized spacial score (nSPS) is 11.2. The minimum absolute atomic E-state index is 1.41. The average molecular weight is 248 g/mol. The van der Waals surface area contributed by atoms with Gasteiger partial charge in [0.1, 0.15) is 0 Å². The average Bonchev–Trinajstić information content (AvgIpc) is 2.92. The van der Waals surface area contributed by atoms with E-state index in [1.165, 1.54) is 9.00 Å². The molecule has 15 heavy (non-hydrogen) atoms. The molecule has 76 valence electrons. The minimum atomic E-state index is -1.83. The van der Waals surface area contributed by atoms with Crippen molar-refractivity contribution in [2.24, 2.45) is 0 Å². The van der Waals surface area contributed by atoms with E-state index in [-0.39, 0.29) is 0 Å². The molecule has 0 aliphatic heterocycles. The van der Waals surface area contributed by atoms with Gasteiger partial charge in [0.25, 0.3) is 0 Å². The van der Waals surface area contributed by atoms with Gasteiger partial charge in [-0.25, -0.2) is 0 Å². The molecule has 0 aliphatic carbocycles. The molecule has 0 radical (unpaired) electrons. The van der Waals surface area contributed by atoms with Gasteiger partial charge < -0.3 is 0 Å². The van der Waals surface area contributed by atoms with Crippen molar-refractivity contribution in [1.29, 1.82) is 0 Å². The fourth-order valence-corrected chi connectivity index (χ4v) is 8.34. The lowest BCUT2D eigenvalue weighted by Gasteiger charge is -2.21. The van der Waals surface area contributed by atoms with E-state index in [4.69, 9.17) is 0 Å². The van der Waals surface area contributed by atoms with Crippen LogP contribution in [0, 0.1) is 0 Å². The van der Waals surface area contributed by atoms with Gasteiger partial charge in [-0.15, -0.1) is 13.2 Å². The van der Waals surface area contributed by atoms with E-state index < -0.39 is 8.07 Å². The first-order valence-electron chi connectivity index (χ1n) is 4.68. The summed E-state index contributed by atoms with van der Waals surface area (Å²) >= 11 is 3.61. The highest BCUT2D eigenvalue weighted by Gasteiger charge is 2.32. The quantitative estimate of drug-likeness (QED) is 0.730. The Kier molecular flexibility index (Phi) is 3.05. The maximum Gasteiger partial charge on any atom is 0.186 e. The molecule has 0 saturated carbocycles. The topological polar surface area (TPSA) is 0 Å². The van der Waals surface area contributed by atoms with Gasteiger partial charge in [0.15, 0.2) is 8.07 Å². The van der Waals surface area contributed by atoms with Gasteiger partial charge in [-0.3, -0.25) is 0 Å². The zero-order valence-corrected chi connectivity index (χ0v) is 11.0. The monoisotopic (exact) mass is 248 g/mol. The highest BCUT2D eigenvalue weighted by atomic mass is 32.1. The minimum Gasteiger partial charge on any atom is -0.152 e. The van der Waals surface area contributed by atoms with Crippen molar-refractivity contribution in [2.45, 2.75) is 0 Å². The summed E-state index contributed by atoms with van der Waals surface area (Å²) in [5, 5.41) is 4.25. The number of rotatable bonds is 4. The van der Waals surface area contributed by atoms with E-state index in [1.807, 2.05) is 0 Å². The summed E-state index contributed by atoms with van der Waals surface area (Å²) in [4.78, 5) is 0.